The molecule has 4 heteroatoms. The van der Waals surface area contributed by atoms with Gasteiger partial charge in [0.1, 0.15) is 5.82 Å². The van der Waals surface area contributed by atoms with Gasteiger partial charge in [0, 0.05) is 12.0 Å². The van der Waals surface area contributed by atoms with Gasteiger partial charge in [-0.15, -0.1) is 0 Å². The highest BCUT2D eigenvalue weighted by Gasteiger charge is 2.36. The van der Waals surface area contributed by atoms with Crippen LogP contribution in [0.5, 0.6) is 0 Å². The van der Waals surface area contributed by atoms with Gasteiger partial charge in [0.2, 0.25) is 0 Å². The fraction of sp³-hybridized carbons (Fsp3) is 0.667. The Bertz CT molecular complexity index is 308. The summed E-state index contributed by atoms with van der Waals surface area (Å²) in [6, 6.07) is 1.92. The largest absolute Gasteiger partial charge is 0.394 e. The highest BCUT2D eigenvalue weighted by molar-refractivity contribution is 5.34. The van der Waals surface area contributed by atoms with Crippen molar-refractivity contribution in [3.8, 4) is 0 Å². The van der Waals surface area contributed by atoms with E-state index in [1.807, 2.05) is 6.07 Å². The first-order valence-corrected chi connectivity index (χ1v) is 4.66. The van der Waals surface area contributed by atoms with Gasteiger partial charge in [0.15, 0.2) is 0 Å². The van der Waals surface area contributed by atoms with Crippen LogP contribution < -0.4 is 5.73 Å². The summed E-state index contributed by atoms with van der Waals surface area (Å²) >= 11 is 0. The lowest BCUT2D eigenvalue weighted by molar-refractivity contribution is 0.270. The first-order chi connectivity index (χ1) is 6.22. The third-order valence-corrected chi connectivity index (χ3v) is 2.63. The molecule has 2 atom stereocenters. The van der Waals surface area contributed by atoms with Crippen molar-refractivity contribution in [3.05, 3.63) is 11.8 Å². The average Bonchev–Trinajstić information content (AvgIpc) is 2.69. The molecule has 0 spiro atoms. The maximum absolute atomic E-state index is 8.74. The fourth-order valence-corrected chi connectivity index (χ4v) is 1.64. The van der Waals surface area contributed by atoms with Crippen LogP contribution in [0.3, 0.4) is 0 Å². The van der Waals surface area contributed by atoms with Crippen molar-refractivity contribution in [2.45, 2.75) is 25.8 Å². The van der Waals surface area contributed by atoms with Gasteiger partial charge in [-0.25, -0.2) is 4.68 Å². The topological polar surface area (TPSA) is 64.1 Å². The normalized spacial score (nSPS) is 26.3. The molecule has 2 unspecified atom stereocenters. The van der Waals surface area contributed by atoms with Gasteiger partial charge >= 0.3 is 0 Å². The zero-order chi connectivity index (χ0) is 9.42. The van der Waals surface area contributed by atoms with Gasteiger partial charge in [-0.3, -0.25) is 0 Å². The molecule has 1 aliphatic carbocycles. The van der Waals surface area contributed by atoms with Gasteiger partial charge in [-0.1, -0.05) is 6.92 Å². The zero-order valence-corrected chi connectivity index (χ0v) is 7.77. The third kappa shape index (κ3) is 1.54. The van der Waals surface area contributed by atoms with Gasteiger partial charge in [-0.05, 0) is 12.3 Å². The number of rotatable bonds is 3. The molecule has 0 saturated heterocycles. The van der Waals surface area contributed by atoms with Crippen LogP contribution in [-0.2, 0) is 6.54 Å². The molecule has 13 heavy (non-hydrogen) atoms. The summed E-state index contributed by atoms with van der Waals surface area (Å²) in [5.74, 6) is 2.00. The molecule has 3 N–H and O–H groups in total. The summed E-state index contributed by atoms with van der Waals surface area (Å²) in [5.41, 5.74) is 6.81. The highest BCUT2D eigenvalue weighted by atomic mass is 16.3. The van der Waals surface area contributed by atoms with Gasteiger partial charge in [0.05, 0.1) is 18.8 Å². The first kappa shape index (κ1) is 8.56. The van der Waals surface area contributed by atoms with Crippen molar-refractivity contribution in [3.63, 3.8) is 0 Å². The summed E-state index contributed by atoms with van der Waals surface area (Å²) in [6.07, 6.45) is 1.22. The fourth-order valence-electron chi connectivity index (χ4n) is 1.64. The molecular weight excluding hydrogens is 166 g/mol. The number of hydrogen-bond acceptors (Lipinski definition) is 3. The molecule has 1 fully saturated rings. The van der Waals surface area contributed by atoms with Crippen LogP contribution in [-0.4, -0.2) is 21.5 Å². The van der Waals surface area contributed by atoms with E-state index in [1.54, 1.807) is 4.68 Å². The minimum absolute atomic E-state index is 0.0888. The number of anilines is 1. The molecule has 0 bridgehead atoms. The molecule has 2 rings (SSSR count). The second-order valence-corrected chi connectivity index (χ2v) is 3.76. The van der Waals surface area contributed by atoms with Gasteiger partial charge in [0.25, 0.3) is 0 Å². The average molecular weight is 181 g/mol. The van der Waals surface area contributed by atoms with E-state index in [1.165, 1.54) is 6.42 Å². The Hall–Kier alpha value is -1.03. The van der Waals surface area contributed by atoms with E-state index in [4.69, 9.17) is 10.8 Å². The predicted octanol–water partition coefficient (Wildman–Crippen LogP) is 0.581. The van der Waals surface area contributed by atoms with E-state index >= 15 is 0 Å². The third-order valence-electron chi connectivity index (χ3n) is 2.63. The Morgan fingerprint density at radius 3 is 3.00 bits per heavy atom. The zero-order valence-electron chi connectivity index (χ0n) is 7.77. The Labute approximate surface area is 77.4 Å². The molecule has 1 aromatic rings. The number of hydrogen-bond donors (Lipinski definition) is 2. The van der Waals surface area contributed by atoms with Crippen molar-refractivity contribution in [2.24, 2.45) is 5.92 Å². The second-order valence-electron chi connectivity index (χ2n) is 3.76. The molecule has 1 aromatic heterocycles. The molecule has 72 valence electrons. The molecule has 0 aromatic carbocycles. The molecule has 0 aliphatic heterocycles. The maximum Gasteiger partial charge on any atom is 0.122 e. The summed E-state index contributed by atoms with van der Waals surface area (Å²) in [7, 11) is 0. The Morgan fingerprint density at radius 1 is 1.77 bits per heavy atom. The summed E-state index contributed by atoms with van der Waals surface area (Å²) in [4.78, 5) is 0. The van der Waals surface area contributed by atoms with Crippen LogP contribution in [0.25, 0.3) is 0 Å². The second kappa shape index (κ2) is 3.03. The Morgan fingerprint density at radius 2 is 2.46 bits per heavy atom. The quantitative estimate of drug-likeness (QED) is 0.717. The van der Waals surface area contributed by atoms with E-state index < -0.39 is 0 Å². The van der Waals surface area contributed by atoms with E-state index in [9.17, 15) is 0 Å². The number of aliphatic hydroxyl groups is 1. The predicted molar refractivity (Wildman–Crippen MR) is 50.2 cm³/mol. The SMILES string of the molecule is CC1CC1c1cc(N)n(CCO)n1. The minimum atomic E-state index is 0.0888. The minimum Gasteiger partial charge on any atom is -0.394 e. The van der Waals surface area contributed by atoms with Crippen LogP contribution >= 0.6 is 0 Å². The van der Waals surface area contributed by atoms with E-state index in [-0.39, 0.29) is 6.61 Å². The van der Waals surface area contributed by atoms with Crippen molar-refractivity contribution in [1.29, 1.82) is 0 Å². The van der Waals surface area contributed by atoms with Crippen LogP contribution in [0.15, 0.2) is 6.07 Å². The van der Waals surface area contributed by atoms with Crippen LogP contribution in [0.1, 0.15) is 25.0 Å². The molecule has 4 nitrogen and oxygen atoms in total. The summed E-state index contributed by atoms with van der Waals surface area (Å²) < 4.78 is 1.67. The van der Waals surface area contributed by atoms with Crippen molar-refractivity contribution in [1.82, 2.24) is 9.78 Å². The van der Waals surface area contributed by atoms with E-state index in [0.717, 1.165) is 11.6 Å². The van der Waals surface area contributed by atoms with E-state index in [0.29, 0.717) is 18.3 Å². The van der Waals surface area contributed by atoms with Crippen LogP contribution in [0.2, 0.25) is 0 Å². The highest BCUT2D eigenvalue weighted by Crippen LogP contribution is 2.46. The van der Waals surface area contributed by atoms with Crippen molar-refractivity contribution in [2.75, 3.05) is 12.3 Å². The lowest BCUT2D eigenvalue weighted by Crippen LogP contribution is -2.07. The molecule has 1 aliphatic rings. The van der Waals surface area contributed by atoms with Crippen LogP contribution in [0.4, 0.5) is 5.82 Å². The molecule has 1 heterocycles. The van der Waals surface area contributed by atoms with Gasteiger partial charge in [-0.2, -0.15) is 5.10 Å². The smallest absolute Gasteiger partial charge is 0.122 e. The van der Waals surface area contributed by atoms with Crippen molar-refractivity contribution >= 4 is 5.82 Å². The molecular formula is C9H15N3O. The number of aromatic nitrogens is 2. The maximum atomic E-state index is 8.74. The number of nitrogen functional groups attached to an aromatic ring is 1. The first-order valence-electron chi connectivity index (χ1n) is 4.66. The molecule has 0 amide bonds. The summed E-state index contributed by atoms with van der Waals surface area (Å²) in [5, 5.41) is 13.1. The monoisotopic (exact) mass is 181 g/mol. The number of aliphatic hydroxyl groups excluding tert-OH is 1. The standard InChI is InChI=1S/C9H15N3O/c1-6-4-7(6)8-5-9(10)12(11-8)2-3-13/h5-7,13H,2-4,10H2,1H3. The molecule has 0 radical (unpaired) electrons. The Balaban J connectivity index is 2.15. The number of nitrogens with two attached hydrogens (primary N) is 1. The lowest BCUT2D eigenvalue weighted by Gasteiger charge is -1.98. The summed E-state index contributed by atoms with van der Waals surface area (Å²) in [6.45, 7) is 2.80. The van der Waals surface area contributed by atoms with Crippen LogP contribution in [0, 0.1) is 5.92 Å². The Kier molecular flexibility index (Phi) is 2.00. The van der Waals surface area contributed by atoms with Crippen molar-refractivity contribution < 1.29 is 5.11 Å². The van der Waals surface area contributed by atoms with Gasteiger partial charge < -0.3 is 10.8 Å². The molecule has 1 saturated carbocycles. The number of nitrogens with zero attached hydrogens (tertiary/aromatic N) is 2. The lowest BCUT2D eigenvalue weighted by atomic mass is 10.2. The van der Waals surface area contributed by atoms with E-state index in [2.05, 4.69) is 12.0 Å².